The first-order valence-electron chi connectivity index (χ1n) is 4.51. The van der Waals surface area contributed by atoms with Crippen molar-refractivity contribution in [3.8, 4) is 0 Å². The Bertz CT molecular complexity index is 383. The van der Waals surface area contributed by atoms with Crippen LogP contribution < -0.4 is 11.3 Å². The molecule has 1 atom stereocenters. The Morgan fingerprint density at radius 1 is 1.62 bits per heavy atom. The molecule has 13 heavy (non-hydrogen) atoms. The van der Waals surface area contributed by atoms with Gasteiger partial charge in [0.15, 0.2) is 0 Å². The van der Waals surface area contributed by atoms with Gasteiger partial charge in [0.25, 0.3) is 5.56 Å². The third kappa shape index (κ3) is 1.49. The third-order valence-electron chi connectivity index (χ3n) is 2.44. The Hall–Kier alpha value is -1.16. The number of hydrogen-bond acceptors (Lipinski definition) is 3. The number of aromatic nitrogens is 2. The summed E-state index contributed by atoms with van der Waals surface area (Å²) in [5.41, 5.74) is 7.52. The van der Waals surface area contributed by atoms with Crippen molar-refractivity contribution in [3.63, 3.8) is 0 Å². The van der Waals surface area contributed by atoms with Crippen molar-refractivity contribution >= 4 is 0 Å². The molecule has 0 saturated heterocycles. The van der Waals surface area contributed by atoms with Crippen LogP contribution in [0.1, 0.15) is 23.5 Å². The summed E-state index contributed by atoms with van der Waals surface area (Å²) in [5, 5.41) is 0. The quantitative estimate of drug-likeness (QED) is 0.584. The van der Waals surface area contributed by atoms with Crippen molar-refractivity contribution < 1.29 is 0 Å². The standard InChI is InChI=1S/C9H13N3O/c1-5-11-8-4-6(10)2-3-7(8)9(13)12-5/h6H,2-4,10H2,1H3,(H,11,12,13). The van der Waals surface area contributed by atoms with Crippen molar-refractivity contribution in [2.24, 2.45) is 5.73 Å². The summed E-state index contributed by atoms with van der Waals surface area (Å²) >= 11 is 0. The number of H-pyrrole nitrogens is 1. The second-order valence-electron chi connectivity index (χ2n) is 3.58. The van der Waals surface area contributed by atoms with Crippen LogP contribution in [0.4, 0.5) is 0 Å². The van der Waals surface area contributed by atoms with E-state index >= 15 is 0 Å². The molecule has 0 saturated carbocycles. The molecular weight excluding hydrogens is 166 g/mol. The van der Waals surface area contributed by atoms with Gasteiger partial charge in [-0.25, -0.2) is 4.98 Å². The molecule has 1 unspecified atom stereocenters. The summed E-state index contributed by atoms with van der Waals surface area (Å²) in [6, 6.07) is 0.168. The zero-order valence-electron chi connectivity index (χ0n) is 7.63. The van der Waals surface area contributed by atoms with Gasteiger partial charge in [-0.3, -0.25) is 4.79 Å². The molecule has 0 spiro atoms. The van der Waals surface area contributed by atoms with Gasteiger partial charge in [-0.1, -0.05) is 0 Å². The van der Waals surface area contributed by atoms with Crippen LogP contribution in [0.3, 0.4) is 0 Å². The lowest BCUT2D eigenvalue weighted by atomic mass is 9.93. The molecule has 0 bridgehead atoms. The van der Waals surface area contributed by atoms with Crippen LogP contribution in [0.2, 0.25) is 0 Å². The monoisotopic (exact) mass is 179 g/mol. The van der Waals surface area contributed by atoms with E-state index in [0.29, 0.717) is 5.82 Å². The van der Waals surface area contributed by atoms with Crippen LogP contribution in [-0.2, 0) is 12.8 Å². The predicted molar refractivity (Wildman–Crippen MR) is 49.6 cm³/mol. The molecule has 70 valence electrons. The Labute approximate surface area is 76.2 Å². The molecule has 2 rings (SSSR count). The highest BCUT2D eigenvalue weighted by atomic mass is 16.1. The molecule has 1 aromatic heterocycles. The van der Waals surface area contributed by atoms with E-state index in [-0.39, 0.29) is 11.6 Å². The first-order chi connectivity index (χ1) is 6.16. The summed E-state index contributed by atoms with van der Waals surface area (Å²) in [5.74, 6) is 0.679. The van der Waals surface area contributed by atoms with Gasteiger partial charge in [0.1, 0.15) is 5.82 Å². The molecule has 4 nitrogen and oxygen atoms in total. The topological polar surface area (TPSA) is 71.8 Å². The van der Waals surface area contributed by atoms with Gasteiger partial charge in [0.05, 0.1) is 5.69 Å². The Kier molecular flexibility index (Phi) is 1.92. The molecule has 1 aromatic rings. The lowest BCUT2D eigenvalue weighted by molar-refractivity contribution is 0.557. The normalized spacial score (nSPS) is 21.2. The fourth-order valence-corrected chi connectivity index (χ4v) is 1.78. The van der Waals surface area contributed by atoms with Gasteiger partial charge in [0, 0.05) is 18.0 Å². The second-order valence-corrected chi connectivity index (χ2v) is 3.58. The van der Waals surface area contributed by atoms with Gasteiger partial charge in [0.2, 0.25) is 0 Å². The van der Waals surface area contributed by atoms with Crippen LogP contribution in [-0.4, -0.2) is 16.0 Å². The van der Waals surface area contributed by atoms with Gasteiger partial charge < -0.3 is 10.7 Å². The maximum Gasteiger partial charge on any atom is 0.254 e. The van der Waals surface area contributed by atoms with E-state index in [2.05, 4.69) is 9.97 Å². The largest absolute Gasteiger partial charge is 0.327 e. The maximum atomic E-state index is 11.5. The minimum Gasteiger partial charge on any atom is -0.327 e. The van der Waals surface area contributed by atoms with Crippen LogP contribution >= 0.6 is 0 Å². The summed E-state index contributed by atoms with van der Waals surface area (Å²) in [4.78, 5) is 18.5. The molecule has 1 heterocycles. The first-order valence-corrected chi connectivity index (χ1v) is 4.51. The number of aromatic amines is 1. The van der Waals surface area contributed by atoms with E-state index in [1.165, 1.54) is 0 Å². The summed E-state index contributed by atoms with van der Waals surface area (Å²) in [6.07, 6.45) is 2.39. The molecule has 0 aliphatic heterocycles. The van der Waals surface area contributed by atoms with Crippen molar-refractivity contribution in [1.29, 1.82) is 0 Å². The predicted octanol–water partition coefficient (Wildman–Crippen LogP) is -0.106. The number of nitrogens with two attached hydrogens (primary N) is 1. The van der Waals surface area contributed by atoms with Crippen molar-refractivity contribution in [2.75, 3.05) is 0 Å². The zero-order chi connectivity index (χ0) is 9.42. The van der Waals surface area contributed by atoms with Crippen LogP contribution in [0, 0.1) is 6.92 Å². The Morgan fingerprint density at radius 3 is 3.15 bits per heavy atom. The van der Waals surface area contributed by atoms with E-state index in [0.717, 1.165) is 30.5 Å². The first kappa shape index (κ1) is 8.44. The van der Waals surface area contributed by atoms with Crippen LogP contribution in [0.15, 0.2) is 4.79 Å². The van der Waals surface area contributed by atoms with Gasteiger partial charge >= 0.3 is 0 Å². The Morgan fingerprint density at radius 2 is 2.38 bits per heavy atom. The van der Waals surface area contributed by atoms with Crippen LogP contribution in [0.5, 0.6) is 0 Å². The molecule has 1 aliphatic rings. The summed E-state index contributed by atoms with van der Waals surface area (Å²) in [6.45, 7) is 1.79. The number of nitrogens with one attached hydrogen (secondary N) is 1. The highest BCUT2D eigenvalue weighted by Gasteiger charge is 2.19. The highest BCUT2D eigenvalue weighted by Crippen LogP contribution is 2.14. The zero-order valence-corrected chi connectivity index (χ0v) is 7.63. The van der Waals surface area contributed by atoms with Gasteiger partial charge in [-0.15, -0.1) is 0 Å². The maximum absolute atomic E-state index is 11.5. The molecule has 0 aromatic carbocycles. The molecular formula is C9H13N3O. The fourth-order valence-electron chi connectivity index (χ4n) is 1.78. The van der Waals surface area contributed by atoms with Crippen molar-refractivity contribution in [2.45, 2.75) is 32.2 Å². The van der Waals surface area contributed by atoms with Gasteiger partial charge in [-0.05, 0) is 19.8 Å². The molecule has 0 radical (unpaired) electrons. The molecule has 0 amide bonds. The molecule has 3 N–H and O–H groups in total. The number of hydrogen-bond donors (Lipinski definition) is 2. The summed E-state index contributed by atoms with van der Waals surface area (Å²) in [7, 11) is 0. The SMILES string of the molecule is Cc1nc2c(c(=O)[nH]1)CCC(N)C2. The third-order valence-corrected chi connectivity index (χ3v) is 2.44. The second kappa shape index (κ2) is 2.96. The van der Waals surface area contributed by atoms with Gasteiger partial charge in [-0.2, -0.15) is 0 Å². The number of rotatable bonds is 0. The highest BCUT2D eigenvalue weighted by molar-refractivity contribution is 5.22. The van der Waals surface area contributed by atoms with E-state index in [9.17, 15) is 4.79 Å². The lowest BCUT2D eigenvalue weighted by Gasteiger charge is -2.19. The molecule has 0 fully saturated rings. The van der Waals surface area contributed by atoms with Crippen LogP contribution in [0.25, 0.3) is 0 Å². The average molecular weight is 179 g/mol. The fraction of sp³-hybridized carbons (Fsp3) is 0.556. The molecule has 1 aliphatic carbocycles. The lowest BCUT2D eigenvalue weighted by Crippen LogP contribution is -2.33. The smallest absolute Gasteiger partial charge is 0.254 e. The number of nitrogens with zero attached hydrogens (tertiary/aromatic N) is 1. The van der Waals surface area contributed by atoms with Crippen molar-refractivity contribution in [3.05, 3.63) is 27.4 Å². The van der Waals surface area contributed by atoms with Crippen molar-refractivity contribution in [1.82, 2.24) is 9.97 Å². The Balaban J connectivity index is 2.53. The minimum atomic E-state index is 0.00870. The minimum absolute atomic E-state index is 0.00870. The van der Waals surface area contributed by atoms with E-state index in [4.69, 9.17) is 5.73 Å². The summed E-state index contributed by atoms with van der Waals surface area (Å²) < 4.78 is 0. The number of fused-ring (bicyclic) bond motifs is 1. The number of aryl methyl sites for hydroxylation is 1. The average Bonchev–Trinajstić information content (AvgIpc) is 2.02. The van der Waals surface area contributed by atoms with E-state index < -0.39 is 0 Å². The van der Waals surface area contributed by atoms with E-state index in [1.807, 2.05) is 0 Å². The van der Waals surface area contributed by atoms with E-state index in [1.54, 1.807) is 6.92 Å². The molecule has 4 heteroatoms.